The molecule has 0 radical (unpaired) electrons. The minimum atomic E-state index is -0.349. The van der Waals surface area contributed by atoms with E-state index in [1.807, 2.05) is 0 Å². The van der Waals surface area contributed by atoms with E-state index in [-0.39, 0.29) is 18.4 Å². The fourth-order valence-corrected chi connectivity index (χ4v) is 1.87. The fourth-order valence-electron chi connectivity index (χ4n) is 1.87. The third kappa shape index (κ3) is 2.69. The van der Waals surface area contributed by atoms with Crippen molar-refractivity contribution in [2.45, 2.75) is 19.9 Å². The Kier molecular flexibility index (Phi) is 3.73. The third-order valence-corrected chi connectivity index (χ3v) is 3.00. The van der Waals surface area contributed by atoms with Crippen molar-refractivity contribution < 1.29 is 14.3 Å². The summed E-state index contributed by atoms with van der Waals surface area (Å²) in [5, 5.41) is 6.80. The van der Waals surface area contributed by atoms with E-state index in [2.05, 4.69) is 10.4 Å². The predicted octanol–water partition coefficient (Wildman–Crippen LogP) is -0.208. The highest BCUT2D eigenvalue weighted by atomic mass is 16.5. The van der Waals surface area contributed by atoms with Gasteiger partial charge in [-0.1, -0.05) is 0 Å². The summed E-state index contributed by atoms with van der Waals surface area (Å²) in [6, 6.07) is 0. The molecular formula is C12H18N4O3. The normalized spacial score (nSPS) is 13.4. The molecule has 19 heavy (non-hydrogen) atoms. The number of carbonyl (C=O) groups excluding carboxylic acids is 2. The highest BCUT2D eigenvalue weighted by Gasteiger charge is 2.23. The van der Waals surface area contributed by atoms with E-state index < -0.39 is 0 Å². The summed E-state index contributed by atoms with van der Waals surface area (Å²) in [5.74, 6) is 0.139. The summed E-state index contributed by atoms with van der Waals surface area (Å²) >= 11 is 0. The molecule has 0 saturated carbocycles. The first kappa shape index (κ1) is 13.4. The van der Waals surface area contributed by atoms with Crippen molar-refractivity contribution in [1.29, 1.82) is 0 Å². The zero-order chi connectivity index (χ0) is 14.0. The molecule has 1 aliphatic rings. The van der Waals surface area contributed by atoms with Crippen molar-refractivity contribution in [2.24, 2.45) is 0 Å². The lowest BCUT2D eigenvalue weighted by Gasteiger charge is -2.14. The molecule has 1 aromatic rings. The van der Waals surface area contributed by atoms with Gasteiger partial charge in [-0.25, -0.2) is 4.68 Å². The van der Waals surface area contributed by atoms with Gasteiger partial charge < -0.3 is 15.0 Å². The molecule has 0 atom stereocenters. The van der Waals surface area contributed by atoms with Crippen LogP contribution in [0.1, 0.15) is 22.5 Å². The molecule has 0 aromatic carbocycles. The Bertz CT molecular complexity index is 507. The van der Waals surface area contributed by atoms with Crippen LogP contribution in [0.25, 0.3) is 0 Å². The van der Waals surface area contributed by atoms with Crippen LogP contribution in [-0.4, -0.2) is 53.7 Å². The smallest absolute Gasteiger partial charge is 0.272 e. The monoisotopic (exact) mass is 266 g/mol. The van der Waals surface area contributed by atoms with Gasteiger partial charge in [0.2, 0.25) is 11.8 Å². The topological polar surface area (TPSA) is 76.5 Å². The number of aryl methyl sites for hydroxylation is 1. The van der Waals surface area contributed by atoms with Gasteiger partial charge in [0.1, 0.15) is 0 Å². The molecule has 1 aliphatic heterocycles. The summed E-state index contributed by atoms with van der Waals surface area (Å²) in [7, 11) is 3.28. The van der Waals surface area contributed by atoms with Crippen LogP contribution >= 0.6 is 0 Å². The Balaban J connectivity index is 2.07. The number of fused-ring (bicyclic) bond motifs is 1. The average molecular weight is 266 g/mol. The fraction of sp³-hybridized carbons (Fsp3) is 0.583. The zero-order valence-electron chi connectivity index (χ0n) is 11.4. The highest BCUT2D eigenvalue weighted by molar-refractivity contribution is 5.96. The largest absolute Gasteiger partial charge is 0.478 e. The van der Waals surface area contributed by atoms with Crippen LogP contribution in [0.4, 0.5) is 0 Å². The average Bonchev–Trinajstić information content (AvgIpc) is 2.73. The van der Waals surface area contributed by atoms with Crippen LogP contribution in [0.15, 0.2) is 0 Å². The van der Waals surface area contributed by atoms with E-state index in [0.717, 1.165) is 18.5 Å². The maximum atomic E-state index is 12.0. The maximum absolute atomic E-state index is 12.0. The molecule has 0 fully saturated rings. The van der Waals surface area contributed by atoms with E-state index in [1.54, 1.807) is 25.7 Å². The number of nitrogens with one attached hydrogen (secondary N) is 1. The SMILES string of the molecule is Cc1c(C(=O)NCC(=O)N(C)C)nn2c1OCCC2. The van der Waals surface area contributed by atoms with Gasteiger partial charge in [-0.15, -0.1) is 0 Å². The highest BCUT2D eigenvalue weighted by Crippen LogP contribution is 2.24. The number of hydrogen-bond acceptors (Lipinski definition) is 4. The number of carbonyl (C=O) groups is 2. The Morgan fingerprint density at radius 1 is 1.47 bits per heavy atom. The number of ether oxygens (including phenoxy) is 1. The molecule has 0 aliphatic carbocycles. The molecule has 7 nitrogen and oxygen atoms in total. The Morgan fingerprint density at radius 2 is 2.21 bits per heavy atom. The van der Waals surface area contributed by atoms with Gasteiger partial charge in [-0.05, 0) is 6.92 Å². The van der Waals surface area contributed by atoms with E-state index in [1.165, 1.54) is 4.90 Å². The molecule has 0 unspecified atom stereocenters. The summed E-state index contributed by atoms with van der Waals surface area (Å²) in [6.07, 6.45) is 0.883. The molecule has 0 spiro atoms. The number of amides is 2. The Labute approximate surface area is 111 Å². The quantitative estimate of drug-likeness (QED) is 0.821. The van der Waals surface area contributed by atoms with Gasteiger partial charge in [-0.3, -0.25) is 9.59 Å². The molecule has 0 saturated heterocycles. The number of rotatable bonds is 3. The minimum absolute atomic E-state index is 0.0334. The molecule has 1 N–H and O–H groups in total. The van der Waals surface area contributed by atoms with E-state index >= 15 is 0 Å². The first-order valence-corrected chi connectivity index (χ1v) is 6.19. The lowest BCUT2D eigenvalue weighted by molar-refractivity contribution is -0.127. The van der Waals surface area contributed by atoms with E-state index in [9.17, 15) is 9.59 Å². The first-order valence-electron chi connectivity index (χ1n) is 6.19. The third-order valence-electron chi connectivity index (χ3n) is 3.00. The first-order chi connectivity index (χ1) is 9.00. The van der Waals surface area contributed by atoms with Crippen molar-refractivity contribution >= 4 is 11.8 Å². The van der Waals surface area contributed by atoms with Crippen molar-refractivity contribution in [3.8, 4) is 5.88 Å². The van der Waals surface area contributed by atoms with Gasteiger partial charge in [0, 0.05) is 32.6 Å². The summed E-state index contributed by atoms with van der Waals surface area (Å²) in [5.41, 5.74) is 1.04. The van der Waals surface area contributed by atoms with E-state index in [0.29, 0.717) is 18.2 Å². The van der Waals surface area contributed by atoms with Crippen LogP contribution < -0.4 is 10.1 Å². The molecule has 7 heteroatoms. The lowest BCUT2D eigenvalue weighted by atomic mass is 10.2. The summed E-state index contributed by atoms with van der Waals surface area (Å²) in [6.45, 7) is 3.16. The zero-order valence-corrected chi connectivity index (χ0v) is 11.4. The van der Waals surface area contributed by atoms with Crippen LogP contribution in [-0.2, 0) is 11.3 Å². The predicted molar refractivity (Wildman–Crippen MR) is 68.1 cm³/mol. The molecule has 1 aromatic heterocycles. The van der Waals surface area contributed by atoms with Gasteiger partial charge in [-0.2, -0.15) is 5.10 Å². The maximum Gasteiger partial charge on any atom is 0.272 e. The minimum Gasteiger partial charge on any atom is -0.478 e. The molecule has 2 rings (SSSR count). The second-order valence-corrected chi connectivity index (χ2v) is 4.67. The van der Waals surface area contributed by atoms with Gasteiger partial charge in [0.05, 0.1) is 13.2 Å². The Morgan fingerprint density at radius 3 is 2.84 bits per heavy atom. The second kappa shape index (κ2) is 5.29. The van der Waals surface area contributed by atoms with E-state index in [4.69, 9.17) is 4.74 Å². The number of aromatic nitrogens is 2. The molecular weight excluding hydrogens is 248 g/mol. The summed E-state index contributed by atoms with van der Waals surface area (Å²) < 4.78 is 7.19. The number of hydrogen-bond donors (Lipinski definition) is 1. The second-order valence-electron chi connectivity index (χ2n) is 4.67. The number of nitrogens with zero attached hydrogens (tertiary/aromatic N) is 3. The van der Waals surface area contributed by atoms with Crippen molar-refractivity contribution in [2.75, 3.05) is 27.2 Å². The standard InChI is InChI=1S/C12H18N4O3/c1-8-10(11(18)13-7-9(17)15(2)3)14-16-5-4-6-19-12(8)16/h4-7H2,1-3H3,(H,13,18). The Hall–Kier alpha value is -2.05. The van der Waals surface area contributed by atoms with Gasteiger partial charge in [0.15, 0.2) is 5.69 Å². The van der Waals surface area contributed by atoms with Gasteiger partial charge in [0.25, 0.3) is 5.91 Å². The lowest BCUT2D eigenvalue weighted by Crippen LogP contribution is -2.36. The molecule has 104 valence electrons. The van der Waals surface area contributed by atoms with Crippen molar-refractivity contribution in [3.63, 3.8) is 0 Å². The molecule has 2 heterocycles. The molecule has 2 amide bonds. The van der Waals surface area contributed by atoms with Crippen molar-refractivity contribution in [3.05, 3.63) is 11.3 Å². The van der Waals surface area contributed by atoms with Gasteiger partial charge >= 0.3 is 0 Å². The van der Waals surface area contributed by atoms with Crippen LogP contribution in [0.2, 0.25) is 0 Å². The summed E-state index contributed by atoms with van der Waals surface area (Å²) in [4.78, 5) is 24.8. The number of likely N-dealkylation sites (N-methyl/N-ethyl adjacent to an activating group) is 1. The van der Waals surface area contributed by atoms with Crippen molar-refractivity contribution in [1.82, 2.24) is 20.0 Å². The van der Waals surface area contributed by atoms with Crippen LogP contribution in [0, 0.1) is 6.92 Å². The van der Waals surface area contributed by atoms with Crippen LogP contribution in [0.5, 0.6) is 5.88 Å². The molecule has 0 bridgehead atoms. The van der Waals surface area contributed by atoms with Crippen LogP contribution in [0.3, 0.4) is 0 Å².